The average molecular weight is 471 g/mol. The van der Waals surface area contributed by atoms with Gasteiger partial charge < -0.3 is 10.2 Å². The van der Waals surface area contributed by atoms with Crippen LogP contribution in [0.2, 0.25) is 10.0 Å². The van der Waals surface area contributed by atoms with E-state index in [2.05, 4.69) is 5.32 Å². The number of carbonyl (C=O) groups is 2. The molecule has 0 bridgehead atoms. The molecule has 0 saturated heterocycles. The largest absolute Gasteiger partial charge is 0.352 e. The van der Waals surface area contributed by atoms with Gasteiger partial charge in [0.1, 0.15) is 11.9 Å². The minimum Gasteiger partial charge on any atom is -0.352 e. The number of carbonyl (C=O) groups excluding carboxylic acids is 2. The fourth-order valence-corrected chi connectivity index (χ4v) is 3.93. The molecule has 2 aromatic rings. The van der Waals surface area contributed by atoms with E-state index in [1.807, 2.05) is 13.8 Å². The third-order valence-corrected chi connectivity index (χ3v) is 6.07. The fourth-order valence-electron chi connectivity index (χ4n) is 2.74. The van der Waals surface area contributed by atoms with Crippen molar-refractivity contribution in [2.24, 2.45) is 0 Å². The van der Waals surface area contributed by atoms with Crippen LogP contribution >= 0.6 is 35.0 Å². The minimum absolute atomic E-state index is 0.0327. The van der Waals surface area contributed by atoms with Crippen molar-refractivity contribution in [2.75, 3.05) is 5.75 Å². The Bertz CT molecular complexity index is 878. The minimum atomic E-state index is -0.652. The highest BCUT2D eigenvalue weighted by atomic mass is 35.5. The van der Waals surface area contributed by atoms with Crippen LogP contribution in [0.25, 0.3) is 0 Å². The first kappa shape index (κ1) is 24.5. The summed E-state index contributed by atoms with van der Waals surface area (Å²) >= 11 is 13.5. The second-order valence-electron chi connectivity index (χ2n) is 7.23. The molecule has 2 aromatic carbocycles. The predicted octanol–water partition coefficient (Wildman–Crippen LogP) is 5.31. The Hall–Kier alpha value is -1.76. The molecule has 1 unspecified atom stereocenters. The number of halogens is 3. The zero-order valence-corrected chi connectivity index (χ0v) is 19.5. The van der Waals surface area contributed by atoms with Crippen LogP contribution in [0.1, 0.15) is 31.9 Å². The van der Waals surface area contributed by atoms with Gasteiger partial charge in [0.15, 0.2) is 0 Å². The maximum absolute atomic E-state index is 13.0. The van der Waals surface area contributed by atoms with Gasteiger partial charge in [-0.25, -0.2) is 4.39 Å². The van der Waals surface area contributed by atoms with Gasteiger partial charge in [0.05, 0.1) is 15.8 Å². The van der Waals surface area contributed by atoms with E-state index in [-0.39, 0.29) is 36.0 Å². The number of nitrogens with zero attached hydrogens (tertiary/aromatic N) is 1. The summed E-state index contributed by atoms with van der Waals surface area (Å²) < 4.78 is 13.0. The molecule has 0 saturated carbocycles. The van der Waals surface area contributed by atoms with Crippen molar-refractivity contribution in [3.05, 3.63) is 69.5 Å². The Morgan fingerprint density at radius 2 is 1.67 bits per heavy atom. The van der Waals surface area contributed by atoms with Crippen molar-refractivity contribution in [1.29, 1.82) is 0 Å². The lowest BCUT2D eigenvalue weighted by atomic mass is 10.1. The summed E-state index contributed by atoms with van der Waals surface area (Å²) in [4.78, 5) is 27.1. The van der Waals surface area contributed by atoms with E-state index >= 15 is 0 Å². The zero-order chi connectivity index (χ0) is 22.3. The topological polar surface area (TPSA) is 49.4 Å². The fraction of sp³-hybridized carbons (Fsp3) is 0.364. The van der Waals surface area contributed by atoms with Gasteiger partial charge >= 0.3 is 0 Å². The molecule has 162 valence electrons. The smallest absolute Gasteiger partial charge is 0.242 e. The molecular weight excluding hydrogens is 446 g/mol. The molecule has 0 aliphatic rings. The van der Waals surface area contributed by atoms with Gasteiger partial charge in [-0.2, -0.15) is 0 Å². The van der Waals surface area contributed by atoms with Crippen molar-refractivity contribution < 1.29 is 14.0 Å². The molecule has 2 rings (SSSR count). The SMILES string of the molecule is CC(C)NC(=O)C(C)N(Cc1ccc(Cl)c(Cl)c1)C(=O)CSCc1ccc(F)cc1. The number of benzene rings is 2. The van der Waals surface area contributed by atoms with Crippen molar-refractivity contribution in [1.82, 2.24) is 10.2 Å². The van der Waals surface area contributed by atoms with Crippen molar-refractivity contribution in [3.8, 4) is 0 Å². The first-order valence-corrected chi connectivity index (χ1v) is 11.4. The quantitative estimate of drug-likeness (QED) is 0.540. The van der Waals surface area contributed by atoms with Gasteiger partial charge in [0.25, 0.3) is 0 Å². The monoisotopic (exact) mass is 470 g/mol. The Morgan fingerprint density at radius 3 is 2.27 bits per heavy atom. The van der Waals surface area contributed by atoms with Gasteiger partial charge in [-0.15, -0.1) is 11.8 Å². The third kappa shape index (κ3) is 7.49. The number of thioether (sulfide) groups is 1. The van der Waals surface area contributed by atoms with Crippen LogP contribution in [0.5, 0.6) is 0 Å². The number of amides is 2. The number of hydrogen-bond acceptors (Lipinski definition) is 3. The molecule has 0 heterocycles. The molecule has 0 aliphatic heterocycles. The van der Waals surface area contributed by atoms with E-state index in [0.717, 1.165) is 11.1 Å². The highest BCUT2D eigenvalue weighted by Crippen LogP contribution is 2.24. The first-order valence-electron chi connectivity index (χ1n) is 9.53. The molecule has 4 nitrogen and oxygen atoms in total. The molecular formula is C22H25Cl2FN2O2S. The molecule has 2 amide bonds. The standard InChI is InChI=1S/C22H25Cl2FN2O2S/c1-14(2)26-22(29)15(3)27(11-17-6-9-19(23)20(24)10-17)21(28)13-30-12-16-4-7-18(25)8-5-16/h4-10,14-15H,11-13H2,1-3H3,(H,26,29). The van der Waals surface area contributed by atoms with Crippen molar-refractivity contribution >= 4 is 46.8 Å². The molecule has 30 heavy (non-hydrogen) atoms. The van der Waals surface area contributed by atoms with Crippen LogP contribution in [0.3, 0.4) is 0 Å². The first-order chi connectivity index (χ1) is 14.2. The number of rotatable bonds is 9. The van der Waals surface area contributed by atoms with Crippen LogP contribution in [0.4, 0.5) is 4.39 Å². The summed E-state index contributed by atoms with van der Waals surface area (Å²) in [5.74, 6) is 0.0798. The van der Waals surface area contributed by atoms with E-state index in [9.17, 15) is 14.0 Å². The maximum Gasteiger partial charge on any atom is 0.242 e. The Morgan fingerprint density at radius 1 is 1.03 bits per heavy atom. The summed E-state index contributed by atoms with van der Waals surface area (Å²) in [5.41, 5.74) is 1.71. The summed E-state index contributed by atoms with van der Waals surface area (Å²) in [7, 11) is 0. The average Bonchev–Trinajstić information content (AvgIpc) is 2.69. The summed E-state index contributed by atoms with van der Waals surface area (Å²) in [6.45, 7) is 5.68. The molecule has 0 spiro atoms. The number of nitrogens with one attached hydrogen (secondary N) is 1. The van der Waals surface area contributed by atoms with Gasteiger partial charge in [0.2, 0.25) is 11.8 Å². The van der Waals surface area contributed by atoms with E-state index in [0.29, 0.717) is 15.8 Å². The molecule has 8 heteroatoms. The van der Waals surface area contributed by atoms with Gasteiger partial charge in [0, 0.05) is 18.3 Å². The molecule has 1 N–H and O–H groups in total. The van der Waals surface area contributed by atoms with Crippen LogP contribution in [0, 0.1) is 5.82 Å². The zero-order valence-electron chi connectivity index (χ0n) is 17.1. The van der Waals surface area contributed by atoms with Crippen LogP contribution in [-0.2, 0) is 21.9 Å². The lowest BCUT2D eigenvalue weighted by Gasteiger charge is -2.29. The molecule has 0 aliphatic carbocycles. The Labute approximate surface area is 191 Å². The Balaban J connectivity index is 2.09. The van der Waals surface area contributed by atoms with Gasteiger partial charge in [-0.1, -0.05) is 41.4 Å². The Kier molecular flexibility index (Phi) is 9.46. The predicted molar refractivity (Wildman–Crippen MR) is 122 cm³/mol. The van der Waals surface area contributed by atoms with Crippen molar-refractivity contribution in [2.45, 2.75) is 45.2 Å². The van der Waals surface area contributed by atoms with Crippen LogP contribution in [0.15, 0.2) is 42.5 Å². The summed E-state index contributed by atoms with van der Waals surface area (Å²) in [5, 5.41) is 3.67. The second kappa shape index (κ2) is 11.6. The normalized spacial score (nSPS) is 12.0. The highest BCUT2D eigenvalue weighted by molar-refractivity contribution is 7.99. The third-order valence-electron chi connectivity index (χ3n) is 4.34. The van der Waals surface area contributed by atoms with E-state index < -0.39 is 6.04 Å². The molecule has 0 aromatic heterocycles. The lowest BCUT2D eigenvalue weighted by Crippen LogP contribution is -2.49. The molecule has 0 radical (unpaired) electrons. The molecule has 1 atom stereocenters. The van der Waals surface area contributed by atoms with Crippen LogP contribution in [-0.4, -0.2) is 34.6 Å². The van der Waals surface area contributed by atoms with Gasteiger partial charge in [-0.3, -0.25) is 9.59 Å². The summed E-state index contributed by atoms with van der Waals surface area (Å²) in [6.07, 6.45) is 0. The maximum atomic E-state index is 13.0. The van der Waals surface area contributed by atoms with E-state index in [4.69, 9.17) is 23.2 Å². The highest BCUT2D eigenvalue weighted by Gasteiger charge is 2.26. The number of hydrogen-bond donors (Lipinski definition) is 1. The second-order valence-corrected chi connectivity index (χ2v) is 9.03. The molecule has 0 fully saturated rings. The van der Waals surface area contributed by atoms with Crippen LogP contribution < -0.4 is 5.32 Å². The van der Waals surface area contributed by atoms with Gasteiger partial charge in [-0.05, 0) is 56.2 Å². The lowest BCUT2D eigenvalue weighted by molar-refractivity contribution is -0.138. The van der Waals surface area contributed by atoms with Crippen molar-refractivity contribution in [3.63, 3.8) is 0 Å². The van der Waals surface area contributed by atoms with E-state index in [1.54, 1.807) is 37.3 Å². The van der Waals surface area contributed by atoms with E-state index in [1.165, 1.54) is 28.8 Å². The summed E-state index contributed by atoms with van der Waals surface area (Å²) in [6, 6.07) is 10.6.